The highest BCUT2D eigenvalue weighted by atomic mass is 127. The lowest BCUT2D eigenvalue weighted by atomic mass is 9.96. The summed E-state index contributed by atoms with van der Waals surface area (Å²) in [6.07, 6.45) is 2.56. The van der Waals surface area contributed by atoms with E-state index in [1.807, 2.05) is 30.3 Å². The molecule has 0 atom stereocenters. The number of nitrogens with zero attached hydrogens (tertiary/aromatic N) is 2. The lowest BCUT2D eigenvalue weighted by Crippen LogP contribution is -2.41. The largest absolute Gasteiger partial charge is 0.466 e. The SMILES string of the molecule is CCOC(=O)C1CCN(C(=O)/C(C#N)=C\Nc2ccc(I)cc2)CC1. The van der Waals surface area contributed by atoms with Crippen LogP contribution in [0.2, 0.25) is 0 Å². The van der Waals surface area contributed by atoms with Gasteiger partial charge in [-0.05, 0) is 66.6 Å². The summed E-state index contributed by atoms with van der Waals surface area (Å²) in [7, 11) is 0. The van der Waals surface area contributed by atoms with Gasteiger partial charge in [-0.25, -0.2) is 0 Å². The van der Waals surface area contributed by atoms with Crippen molar-refractivity contribution in [3.05, 3.63) is 39.6 Å². The summed E-state index contributed by atoms with van der Waals surface area (Å²) in [5.74, 6) is -0.683. The molecular weight excluding hydrogens is 433 g/mol. The average molecular weight is 453 g/mol. The third-order valence-corrected chi connectivity index (χ3v) is 4.70. The normalized spacial score (nSPS) is 15.4. The van der Waals surface area contributed by atoms with Gasteiger partial charge in [0, 0.05) is 28.5 Å². The zero-order valence-corrected chi connectivity index (χ0v) is 16.2. The zero-order valence-electron chi connectivity index (χ0n) is 14.0. The van der Waals surface area contributed by atoms with E-state index in [-0.39, 0.29) is 23.4 Å². The summed E-state index contributed by atoms with van der Waals surface area (Å²) in [4.78, 5) is 25.8. The number of likely N-dealkylation sites (tertiary alicyclic amines) is 1. The molecule has 132 valence electrons. The van der Waals surface area contributed by atoms with E-state index < -0.39 is 0 Å². The predicted molar refractivity (Wildman–Crippen MR) is 102 cm³/mol. The van der Waals surface area contributed by atoms with Gasteiger partial charge in [-0.2, -0.15) is 5.26 Å². The van der Waals surface area contributed by atoms with Gasteiger partial charge in [-0.15, -0.1) is 0 Å². The van der Waals surface area contributed by atoms with Crippen LogP contribution >= 0.6 is 22.6 Å². The van der Waals surface area contributed by atoms with Gasteiger partial charge in [0.05, 0.1) is 12.5 Å². The fraction of sp³-hybridized carbons (Fsp3) is 0.389. The van der Waals surface area contributed by atoms with Crippen LogP contribution in [0.4, 0.5) is 5.69 Å². The third kappa shape index (κ3) is 5.46. The first-order chi connectivity index (χ1) is 12.0. The maximum Gasteiger partial charge on any atom is 0.309 e. The van der Waals surface area contributed by atoms with Crippen LogP contribution in [-0.4, -0.2) is 36.5 Å². The molecule has 0 spiro atoms. The van der Waals surface area contributed by atoms with Crippen LogP contribution in [-0.2, 0) is 14.3 Å². The minimum atomic E-state index is -0.317. The van der Waals surface area contributed by atoms with Gasteiger partial charge in [-0.1, -0.05) is 0 Å². The fourth-order valence-electron chi connectivity index (χ4n) is 2.59. The number of anilines is 1. The molecule has 1 aromatic carbocycles. The van der Waals surface area contributed by atoms with Gasteiger partial charge >= 0.3 is 5.97 Å². The van der Waals surface area contributed by atoms with E-state index in [4.69, 9.17) is 4.74 Å². The van der Waals surface area contributed by atoms with E-state index in [1.165, 1.54) is 6.20 Å². The van der Waals surface area contributed by atoms with Gasteiger partial charge in [0.2, 0.25) is 0 Å². The second-order valence-electron chi connectivity index (χ2n) is 5.64. The Balaban J connectivity index is 1.94. The average Bonchev–Trinajstić information content (AvgIpc) is 2.64. The lowest BCUT2D eigenvalue weighted by Gasteiger charge is -2.30. The highest BCUT2D eigenvalue weighted by molar-refractivity contribution is 14.1. The molecule has 0 aliphatic carbocycles. The van der Waals surface area contributed by atoms with Crippen LogP contribution < -0.4 is 5.32 Å². The van der Waals surface area contributed by atoms with Crippen molar-refractivity contribution in [2.45, 2.75) is 19.8 Å². The summed E-state index contributed by atoms with van der Waals surface area (Å²) in [6.45, 7) is 3.04. The number of benzene rings is 1. The van der Waals surface area contributed by atoms with Crippen molar-refractivity contribution in [2.24, 2.45) is 5.92 Å². The molecule has 7 heteroatoms. The van der Waals surface area contributed by atoms with Crippen molar-refractivity contribution < 1.29 is 14.3 Å². The van der Waals surface area contributed by atoms with Crippen molar-refractivity contribution in [2.75, 3.05) is 25.0 Å². The van der Waals surface area contributed by atoms with Gasteiger partial charge in [-0.3, -0.25) is 9.59 Å². The number of piperidine rings is 1. The van der Waals surface area contributed by atoms with Crippen LogP contribution in [0.5, 0.6) is 0 Å². The first kappa shape index (κ1) is 19.2. The summed E-state index contributed by atoms with van der Waals surface area (Å²) < 4.78 is 6.13. The molecule has 1 amide bonds. The van der Waals surface area contributed by atoms with Crippen molar-refractivity contribution in [1.29, 1.82) is 5.26 Å². The molecule has 1 fully saturated rings. The number of hydrogen-bond acceptors (Lipinski definition) is 5. The van der Waals surface area contributed by atoms with Crippen molar-refractivity contribution in [1.82, 2.24) is 4.90 Å². The number of nitriles is 1. The molecule has 0 radical (unpaired) electrons. The molecule has 1 aromatic rings. The monoisotopic (exact) mass is 453 g/mol. The second kappa shape index (κ2) is 9.42. The molecule has 0 unspecified atom stereocenters. The highest BCUT2D eigenvalue weighted by Crippen LogP contribution is 2.20. The van der Waals surface area contributed by atoms with Crippen LogP contribution in [0.15, 0.2) is 36.0 Å². The summed E-state index contributed by atoms with van der Waals surface area (Å²) in [6, 6.07) is 9.58. The number of carbonyl (C=O) groups is 2. The summed E-state index contributed by atoms with van der Waals surface area (Å²) in [5, 5.41) is 12.3. The molecule has 1 heterocycles. The summed E-state index contributed by atoms with van der Waals surface area (Å²) in [5.41, 5.74) is 0.857. The molecule has 1 aliphatic heterocycles. The van der Waals surface area contributed by atoms with E-state index in [9.17, 15) is 14.9 Å². The first-order valence-corrected chi connectivity index (χ1v) is 9.21. The minimum Gasteiger partial charge on any atom is -0.466 e. The zero-order chi connectivity index (χ0) is 18.2. The molecule has 25 heavy (non-hydrogen) atoms. The topological polar surface area (TPSA) is 82.4 Å². The van der Waals surface area contributed by atoms with Crippen molar-refractivity contribution in [3.63, 3.8) is 0 Å². The molecule has 0 saturated carbocycles. The van der Waals surface area contributed by atoms with Gasteiger partial charge in [0.25, 0.3) is 5.91 Å². The van der Waals surface area contributed by atoms with Crippen LogP contribution in [0.3, 0.4) is 0 Å². The number of esters is 1. The number of ether oxygens (including phenoxy) is 1. The first-order valence-electron chi connectivity index (χ1n) is 8.13. The van der Waals surface area contributed by atoms with Crippen LogP contribution in [0.1, 0.15) is 19.8 Å². The Morgan fingerprint density at radius 1 is 1.36 bits per heavy atom. The van der Waals surface area contributed by atoms with E-state index in [2.05, 4.69) is 27.9 Å². The molecule has 1 saturated heterocycles. The Hall–Kier alpha value is -2.08. The molecule has 1 N–H and O–H groups in total. The second-order valence-corrected chi connectivity index (χ2v) is 6.89. The quantitative estimate of drug-likeness (QED) is 0.321. The van der Waals surface area contributed by atoms with Crippen molar-refractivity contribution >= 4 is 40.2 Å². The predicted octanol–water partition coefficient (Wildman–Crippen LogP) is 2.91. The Kier molecular flexibility index (Phi) is 7.25. The molecule has 6 nitrogen and oxygen atoms in total. The van der Waals surface area contributed by atoms with Crippen molar-refractivity contribution in [3.8, 4) is 6.07 Å². The smallest absolute Gasteiger partial charge is 0.309 e. The Bertz CT molecular complexity index is 687. The Labute approximate surface area is 161 Å². The maximum atomic E-state index is 12.5. The van der Waals surface area contributed by atoms with Gasteiger partial charge < -0.3 is 15.0 Å². The number of hydrogen-bond donors (Lipinski definition) is 1. The Morgan fingerprint density at radius 3 is 2.56 bits per heavy atom. The molecule has 0 aromatic heterocycles. The van der Waals surface area contributed by atoms with E-state index in [0.717, 1.165) is 9.26 Å². The molecule has 0 bridgehead atoms. The molecular formula is C18H20IN3O3. The van der Waals surface area contributed by atoms with E-state index in [0.29, 0.717) is 32.5 Å². The van der Waals surface area contributed by atoms with Gasteiger partial charge in [0.15, 0.2) is 0 Å². The Morgan fingerprint density at radius 2 is 2.00 bits per heavy atom. The van der Waals surface area contributed by atoms with Crippen LogP contribution in [0.25, 0.3) is 0 Å². The summed E-state index contributed by atoms with van der Waals surface area (Å²) >= 11 is 2.21. The minimum absolute atomic E-state index is 0.0492. The van der Waals surface area contributed by atoms with Gasteiger partial charge in [0.1, 0.15) is 11.6 Å². The number of carbonyl (C=O) groups excluding carboxylic acids is 2. The third-order valence-electron chi connectivity index (χ3n) is 3.98. The van der Waals surface area contributed by atoms with E-state index in [1.54, 1.807) is 11.8 Å². The fourth-order valence-corrected chi connectivity index (χ4v) is 2.95. The number of nitrogens with one attached hydrogen (secondary N) is 1. The molecule has 2 rings (SSSR count). The van der Waals surface area contributed by atoms with E-state index >= 15 is 0 Å². The number of halogens is 1. The highest BCUT2D eigenvalue weighted by Gasteiger charge is 2.29. The number of rotatable bonds is 5. The number of amides is 1. The maximum absolute atomic E-state index is 12.5. The lowest BCUT2D eigenvalue weighted by molar-refractivity contribution is -0.150. The molecule has 1 aliphatic rings. The standard InChI is InChI=1S/C18H20IN3O3/c1-2-25-18(24)13-7-9-22(10-8-13)17(23)14(11-20)12-21-16-5-3-15(19)4-6-16/h3-6,12-13,21H,2,7-10H2,1H3/b14-12-. The van der Waals surface area contributed by atoms with Crippen LogP contribution in [0, 0.1) is 20.8 Å².